The number of aromatic nitrogens is 2. The maximum absolute atomic E-state index is 13.7. The van der Waals surface area contributed by atoms with E-state index in [0.29, 0.717) is 6.07 Å². The van der Waals surface area contributed by atoms with Gasteiger partial charge in [0, 0.05) is 4.47 Å². The van der Waals surface area contributed by atoms with Crippen molar-refractivity contribution in [2.75, 3.05) is 5.75 Å². The summed E-state index contributed by atoms with van der Waals surface area (Å²) < 4.78 is 78.4. The minimum Gasteiger partial charge on any atom is -0.294 e. The largest absolute Gasteiger partial charge is 0.416 e. The van der Waals surface area contributed by atoms with Crippen molar-refractivity contribution in [3.63, 3.8) is 0 Å². The molecule has 0 bridgehead atoms. The van der Waals surface area contributed by atoms with Gasteiger partial charge in [-0.05, 0) is 51.8 Å². The van der Waals surface area contributed by atoms with Crippen LogP contribution in [-0.4, -0.2) is 23.7 Å². The number of halogens is 5. The highest BCUT2D eigenvalue weighted by Crippen LogP contribution is 2.33. The van der Waals surface area contributed by atoms with Crippen LogP contribution >= 0.6 is 15.9 Å². The highest BCUT2D eigenvalue weighted by molar-refractivity contribution is 9.10. The summed E-state index contributed by atoms with van der Waals surface area (Å²) >= 11 is 2.98. The number of hydrogen-bond donors (Lipinski definition) is 0. The molecule has 0 spiro atoms. The second-order valence-corrected chi connectivity index (χ2v) is 9.29. The summed E-state index contributed by atoms with van der Waals surface area (Å²) in [4.78, 5) is 16.6. The molecule has 0 saturated carbocycles. The van der Waals surface area contributed by atoms with Gasteiger partial charge in [-0.1, -0.05) is 6.92 Å². The second kappa shape index (κ2) is 7.52. The van der Waals surface area contributed by atoms with Gasteiger partial charge in [0.15, 0.2) is 9.84 Å². The van der Waals surface area contributed by atoms with Crippen LogP contribution in [0.15, 0.2) is 50.8 Å². The minimum absolute atomic E-state index is 0.00106. The summed E-state index contributed by atoms with van der Waals surface area (Å²) in [6, 6.07) is 4.56. The average Bonchev–Trinajstić information content (AvgIpc) is 2.63. The van der Waals surface area contributed by atoms with E-state index in [9.17, 15) is 30.8 Å². The van der Waals surface area contributed by atoms with Crippen LogP contribution in [-0.2, 0) is 22.6 Å². The first kappa shape index (κ1) is 21.4. The van der Waals surface area contributed by atoms with Gasteiger partial charge >= 0.3 is 6.18 Å². The van der Waals surface area contributed by atoms with Crippen LogP contribution in [0, 0.1) is 5.82 Å². The summed E-state index contributed by atoms with van der Waals surface area (Å²) in [7, 11) is -3.71. The number of benzene rings is 2. The van der Waals surface area contributed by atoms with Crippen LogP contribution < -0.4 is 5.56 Å². The molecular weight excluding hydrogens is 480 g/mol. The quantitative estimate of drug-likeness (QED) is 0.405. The molecule has 11 heteroatoms. The SMILES string of the molecule is CCS(=O)(=O)c1ccc(F)cc1Cn1cnc2c(Br)cc(C(F)(F)F)cc2c1=O. The molecule has 5 nitrogen and oxygen atoms in total. The Labute approximate surface area is 171 Å². The van der Waals surface area contributed by atoms with E-state index in [0.717, 1.165) is 35.2 Å². The average molecular weight is 493 g/mol. The van der Waals surface area contributed by atoms with Crippen LogP contribution in [0.1, 0.15) is 18.1 Å². The number of sulfone groups is 1. The van der Waals surface area contributed by atoms with Crippen molar-refractivity contribution >= 4 is 36.7 Å². The van der Waals surface area contributed by atoms with Crippen LogP contribution in [0.2, 0.25) is 0 Å². The summed E-state index contributed by atoms with van der Waals surface area (Å²) in [6.45, 7) is 1.05. The fourth-order valence-electron chi connectivity index (χ4n) is 2.82. The summed E-state index contributed by atoms with van der Waals surface area (Å²) in [5.74, 6) is -0.947. The Bertz CT molecular complexity index is 1270. The highest BCUT2D eigenvalue weighted by Gasteiger charge is 2.32. The van der Waals surface area contributed by atoms with Crippen LogP contribution in [0.5, 0.6) is 0 Å². The Hall–Kier alpha value is -2.27. The maximum Gasteiger partial charge on any atom is 0.416 e. The zero-order valence-electron chi connectivity index (χ0n) is 14.8. The molecule has 2 aromatic carbocycles. The van der Waals surface area contributed by atoms with E-state index in [1.54, 1.807) is 0 Å². The minimum atomic E-state index is -4.67. The molecule has 154 valence electrons. The standard InChI is InChI=1S/C18H13BrF4N2O3S/c1-2-29(27,28)15-4-3-12(20)5-10(15)8-25-9-24-16-13(17(25)26)6-11(7-14(16)19)18(21,22)23/h3-7,9H,2,8H2,1H3. The predicted octanol–water partition coefficient (Wildman–Crippen LogP) is 4.16. The van der Waals surface area contributed by atoms with E-state index < -0.39 is 33.0 Å². The second-order valence-electron chi connectivity index (χ2n) is 6.19. The normalized spacial score (nSPS) is 12.5. The van der Waals surface area contributed by atoms with E-state index >= 15 is 0 Å². The molecule has 29 heavy (non-hydrogen) atoms. The third-order valence-corrected chi connectivity index (χ3v) is 6.72. The monoisotopic (exact) mass is 492 g/mol. The molecule has 0 fully saturated rings. The lowest BCUT2D eigenvalue weighted by molar-refractivity contribution is -0.137. The molecule has 1 heterocycles. The van der Waals surface area contributed by atoms with Gasteiger partial charge in [0.2, 0.25) is 0 Å². The van der Waals surface area contributed by atoms with E-state index in [2.05, 4.69) is 20.9 Å². The van der Waals surface area contributed by atoms with Crippen LogP contribution in [0.25, 0.3) is 10.9 Å². The molecule has 0 amide bonds. The zero-order chi connectivity index (χ0) is 21.6. The number of fused-ring (bicyclic) bond motifs is 1. The van der Waals surface area contributed by atoms with Crippen LogP contribution in [0.4, 0.5) is 17.6 Å². The van der Waals surface area contributed by atoms with Crippen molar-refractivity contribution in [2.24, 2.45) is 0 Å². The summed E-state index contributed by atoms with van der Waals surface area (Å²) in [6.07, 6.45) is -3.59. The van der Waals surface area contributed by atoms with Gasteiger partial charge in [-0.2, -0.15) is 13.2 Å². The molecule has 3 aromatic rings. The van der Waals surface area contributed by atoms with Gasteiger partial charge in [-0.25, -0.2) is 17.8 Å². The Morgan fingerprint density at radius 3 is 2.48 bits per heavy atom. The molecule has 0 aliphatic rings. The van der Waals surface area contributed by atoms with Gasteiger partial charge in [0.1, 0.15) is 5.82 Å². The van der Waals surface area contributed by atoms with Crippen LogP contribution in [0.3, 0.4) is 0 Å². The van der Waals surface area contributed by atoms with Crippen molar-refractivity contribution in [3.05, 3.63) is 68.4 Å². The first-order chi connectivity index (χ1) is 13.4. The van der Waals surface area contributed by atoms with E-state index in [1.807, 2.05) is 0 Å². The lowest BCUT2D eigenvalue weighted by atomic mass is 10.1. The van der Waals surface area contributed by atoms with Gasteiger partial charge in [0.05, 0.1) is 40.0 Å². The lowest BCUT2D eigenvalue weighted by Crippen LogP contribution is -2.23. The molecule has 0 saturated heterocycles. The number of hydrogen-bond acceptors (Lipinski definition) is 4. The van der Waals surface area contributed by atoms with Crippen molar-refractivity contribution in [1.82, 2.24) is 9.55 Å². The highest BCUT2D eigenvalue weighted by atomic mass is 79.9. The molecule has 1 aromatic heterocycles. The van der Waals surface area contributed by atoms with E-state index in [4.69, 9.17) is 0 Å². The van der Waals surface area contributed by atoms with Gasteiger partial charge < -0.3 is 0 Å². The Morgan fingerprint density at radius 2 is 1.86 bits per heavy atom. The number of alkyl halides is 3. The van der Waals surface area contributed by atoms with Crippen molar-refractivity contribution in [3.8, 4) is 0 Å². The summed E-state index contributed by atoms with van der Waals surface area (Å²) in [5, 5.41) is -0.300. The van der Waals surface area contributed by atoms with E-state index in [-0.39, 0.29) is 38.1 Å². The maximum atomic E-state index is 13.7. The smallest absolute Gasteiger partial charge is 0.294 e. The van der Waals surface area contributed by atoms with Gasteiger partial charge in [-0.15, -0.1) is 0 Å². The Morgan fingerprint density at radius 1 is 1.17 bits per heavy atom. The van der Waals surface area contributed by atoms with Gasteiger partial charge in [0.25, 0.3) is 5.56 Å². The Kier molecular flexibility index (Phi) is 5.56. The fourth-order valence-corrected chi connectivity index (χ4v) is 4.49. The molecule has 0 atom stereocenters. The zero-order valence-corrected chi connectivity index (χ0v) is 17.2. The van der Waals surface area contributed by atoms with Gasteiger partial charge in [-0.3, -0.25) is 9.36 Å². The third-order valence-electron chi connectivity index (χ3n) is 4.29. The van der Waals surface area contributed by atoms with Crippen molar-refractivity contribution in [2.45, 2.75) is 24.5 Å². The molecular formula is C18H13BrF4N2O3S. The van der Waals surface area contributed by atoms with Crippen molar-refractivity contribution < 1.29 is 26.0 Å². The third kappa shape index (κ3) is 4.20. The first-order valence-corrected chi connectivity index (χ1v) is 10.7. The first-order valence-electron chi connectivity index (χ1n) is 8.21. The topological polar surface area (TPSA) is 69.0 Å². The fraction of sp³-hybridized carbons (Fsp3) is 0.222. The predicted molar refractivity (Wildman–Crippen MR) is 102 cm³/mol. The van der Waals surface area contributed by atoms with E-state index in [1.165, 1.54) is 6.92 Å². The molecule has 0 N–H and O–H groups in total. The van der Waals surface area contributed by atoms with Crippen molar-refractivity contribution in [1.29, 1.82) is 0 Å². The molecule has 0 aliphatic heterocycles. The number of nitrogens with zero attached hydrogens (tertiary/aromatic N) is 2. The lowest BCUT2D eigenvalue weighted by Gasteiger charge is -2.13. The molecule has 0 radical (unpaired) electrons. The molecule has 0 aliphatic carbocycles. The molecule has 3 rings (SSSR count). The summed E-state index contributed by atoms with van der Waals surface area (Å²) in [5.41, 5.74) is -1.82. The Balaban J connectivity index is 2.20. The number of rotatable bonds is 4. The molecule has 0 unspecified atom stereocenters.